The highest BCUT2D eigenvalue weighted by Gasteiger charge is 2.28. The molecule has 27 heavy (non-hydrogen) atoms. The van der Waals surface area contributed by atoms with E-state index >= 15 is 0 Å². The number of halogens is 1. The molecular formula is C19H34IN5O2. The molecule has 0 amide bonds. The number of piperidine rings is 1. The minimum absolute atomic E-state index is 0. The molecular weight excluding hydrogens is 457 g/mol. The predicted octanol–water partition coefficient (Wildman–Crippen LogP) is 2.55. The van der Waals surface area contributed by atoms with Crippen LogP contribution in [0.5, 0.6) is 0 Å². The summed E-state index contributed by atoms with van der Waals surface area (Å²) in [6.45, 7) is 7.69. The van der Waals surface area contributed by atoms with E-state index in [2.05, 4.69) is 37.9 Å². The zero-order valence-corrected chi connectivity index (χ0v) is 18.9. The highest BCUT2D eigenvalue weighted by Crippen LogP contribution is 2.27. The first kappa shape index (κ1) is 22.4. The predicted molar refractivity (Wildman–Crippen MR) is 118 cm³/mol. The van der Waals surface area contributed by atoms with E-state index in [9.17, 15) is 0 Å². The smallest absolute Gasteiger partial charge is 0.193 e. The number of imidazole rings is 1. The van der Waals surface area contributed by atoms with Crippen LogP contribution in [-0.4, -0.2) is 73.0 Å². The zero-order chi connectivity index (χ0) is 18.2. The lowest BCUT2D eigenvalue weighted by atomic mass is 9.93. The largest absolute Gasteiger partial charge is 0.381 e. The minimum atomic E-state index is 0. The topological polar surface area (TPSA) is 63.9 Å². The van der Waals surface area contributed by atoms with Crippen LogP contribution in [0.4, 0.5) is 0 Å². The van der Waals surface area contributed by atoms with Gasteiger partial charge in [0.2, 0.25) is 0 Å². The third-order valence-electron chi connectivity index (χ3n) is 5.46. The van der Waals surface area contributed by atoms with Gasteiger partial charge in [0.1, 0.15) is 0 Å². The van der Waals surface area contributed by atoms with Gasteiger partial charge in [-0.2, -0.15) is 0 Å². The van der Waals surface area contributed by atoms with Crippen molar-refractivity contribution >= 4 is 29.9 Å². The van der Waals surface area contributed by atoms with E-state index in [-0.39, 0.29) is 24.0 Å². The third kappa shape index (κ3) is 6.60. The fourth-order valence-corrected chi connectivity index (χ4v) is 3.79. The Morgan fingerprint density at radius 1 is 1.33 bits per heavy atom. The summed E-state index contributed by atoms with van der Waals surface area (Å²) in [6.07, 6.45) is 10.4. The van der Waals surface area contributed by atoms with Crippen molar-refractivity contribution in [1.29, 1.82) is 0 Å². The summed E-state index contributed by atoms with van der Waals surface area (Å²) in [5.41, 5.74) is 0. The maximum absolute atomic E-state index is 5.94. The Morgan fingerprint density at radius 3 is 2.85 bits per heavy atom. The second kappa shape index (κ2) is 11.9. The van der Waals surface area contributed by atoms with Crippen LogP contribution < -0.4 is 5.32 Å². The van der Waals surface area contributed by atoms with Gasteiger partial charge < -0.3 is 24.3 Å². The van der Waals surface area contributed by atoms with Crippen LogP contribution in [0.2, 0.25) is 0 Å². The summed E-state index contributed by atoms with van der Waals surface area (Å²) in [6, 6.07) is 0.446. The molecule has 7 nitrogen and oxygen atoms in total. The van der Waals surface area contributed by atoms with Gasteiger partial charge >= 0.3 is 0 Å². The molecule has 3 heterocycles. The summed E-state index contributed by atoms with van der Waals surface area (Å²) >= 11 is 0. The Kier molecular flexibility index (Phi) is 9.84. The summed E-state index contributed by atoms with van der Waals surface area (Å²) in [5.74, 6) is 1.64. The number of nitrogens with one attached hydrogen (secondary N) is 1. The van der Waals surface area contributed by atoms with Crippen molar-refractivity contribution in [2.75, 3.05) is 46.5 Å². The minimum Gasteiger partial charge on any atom is -0.381 e. The summed E-state index contributed by atoms with van der Waals surface area (Å²) in [7, 11) is 1.87. The van der Waals surface area contributed by atoms with Crippen LogP contribution in [0.15, 0.2) is 23.7 Å². The van der Waals surface area contributed by atoms with Crippen LogP contribution in [0, 0.1) is 5.92 Å². The van der Waals surface area contributed by atoms with Crippen LogP contribution in [0.3, 0.4) is 0 Å². The fourth-order valence-electron chi connectivity index (χ4n) is 3.79. The van der Waals surface area contributed by atoms with E-state index < -0.39 is 0 Å². The van der Waals surface area contributed by atoms with Crippen molar-refractivity contribution in [1.82, 2.24) is 19.8 Å². The lowest BCUT2D eigenvalue weighted by molar-refractivity contribution is -0.0320. The van der Waals surface area contributed by atoms with Crippen molar-refractivity contribution in [3.05, 3.63) is 18.7 Å². The van der Waals surface area contributed by atoms with E-state index in [4.69, 9.17) is 9.47 Å². The van der Waals surface area contributed by atoms with Crippen molar-refractivity contribution in [3.63, 3.8) is 0 Å². The summed E-state index contributed by atoms with van der Waals surface area (Å²) in [4.78, 5) is 11.1. The highest BCUT2D eigenvalue weighted by atomic mass is 127. The van der Waals surface area contributed by atoms with E-state index in [1.807, 2.05) is 19.6 Å². The number of hydrogen-bond acceptors (Lipinski definition) is 4. The number of aliphatic imine (C=N–C) groups is 1. The van der Waals surface area contributed by atoms with Crippen molar-refractivity contribution in [2.45, 2.75) is 44.8 Å². The molecule has 3 rings (SSSR count). The standard InChI is InChI=1S/C19H33N5O2.HI/c1-16-4-9-23(14-18(16)24-10-8-21-15-24)19(20-2)22-7-3-11-26-17-5-12-25-13-6-17;/h8,10,15-18H,3-7,9,11-14H2,1-2H3,(H,20,22);1H. The van der Waals surface area contributed by atoms with Crippen LogP contribution in [0.1, 0.15) is 38.6 Å². The van der Waals surface area contributed by atoms with Gasteiger partial charge in [0, 0.05) is 58.9 Å². The van der Waals surface area contributed by atoms with Gasteiger partial charge in [-0.05, 0) is 31.6 Å². The molecule has 1 aromatic rings. The van der Waals surface area contributed by atoms with Gasteiger partial charge in [0.15, 0.2) is 5.96 Å². The zero-order valence-electron chi connectivity index (χ0n) is 16.5. The highest BCUT2D eigenvalue weighted by molar-refractivity contribution is 14.0. The Hall–Kier alpha value is -0.870. The molecule has 154 valence electrons. The number of rotatable bonds is 6. The Bertz CT molecular complexity index is 548. The first-order valence-corrected chi connectivity index (χ1v) is 9.90. The van der Waals surface area contributed by atoms with E-state index in [1.54, 1.807) is 0 Å². The average Bonchev–Trinajstić information content (AvgIpc) is 3.21. The molecule has 2 fully saturated rings. The van der Waals surface area contributed by atoms with Gasteiger partial charge in [-0.15, -0.1) is 24.0 Å². The molecule has 0 bridgehead atoms. The normalized spacial score (nSPS) is 24.5. The lowest BCUT2D eigenvalue weighted by Crippen LogP contribution is -2.49. The molecule has 1 aromatic heterocycles. The van der Waals surface area contributed by atoms with Crippen LogP contribution in [0.25, 0.3) is 0 Å². The number of nitrogens with zero attached hydrogens (tertiary/aromatic N) is 4. The van der Waals surface area contributed by atoms with Gasteiger partial charge in [-0.25, -0.2) is 4.98 Å². The van der Waals surface area contributed by atoms with Gasteiger partial charge in [0.25, 0.3) is 0 Å². The molecule has 8 heteroatoms. The fraction of sp³-hybridized carbons (Fsp3) is 0.789. The Balaban J connectivity index is 0.00000261. The molecule has 1 N–H and O–H groups in total. The molecule has 2 saturated heterocycles. The van der Waals surface area contributed by atoms with E-state index in [1.165, 1.54) is 0 Å². The maximum atomic E-state index is 5.94. The quantitative estimate of drug-likeness (QED) is 0.287. The van der Waals surface area contributed by atoms with E-state index in [0.29, 0.717) is 18.1 Å². The SMILES string of the molecule is CN=C(NCCCOC1CCOCC1)N1CCC(C)C(n2ccnc2)C1.I. The average molecular weight is 491 g/mol. The van der Waals surface area contributed by atoms with Gasteiger partial charge in [-0.1, -0.05) is 6.92 Å². The second-order valence-corrected chi connectivity index (χ2v) is 7.30. The summed E-state index contributed by atoms with van der Waals surface area (Å²) < 4.78 is 13.5. The Labute approximate surface area is 179 Å². The van der Waals surface area contributed by atoms with Crippen molar-refractivity contribution in [3.8, 4) is 0 Å². The molecule has 2 unspecified atom stereocenters. The molecule has 2 atom stereocenters. The molecule has 0 saturated carbocycles. The van der Waals surface area contributed by atoms with Crippen LogP contribution in [-0.2, 0) is 9.47 Å². The van der Waals surface area contributed by atoms with Gasteiger partial charge in [0.05, 0.1) is 18.5 Å². The number of hydrogen-bond donors (Lipinski definition) is 1. The number of likely N-dealkylation sites (tertiary alicyclic amines) is 1. The molecule has 0 aliphatic carbocycles. The number of aromatic nitrogens is 2. The van der Waals surface area contributed by atoms with Crippen molar-refractivity contribution < 1.29 is 9.47 Å². The third-order valence-corrected chi connectivity index (χ3v) is 5.46. The number of ether oxygens (including phenoxy) is 2. The molecule has 2 aliphatic rings. The molecule has 0 spiro atoms. The van der Waals surface area contributed by atoms with Crippen molar-refractivity contribution in [2.24, 2.45) is 10.9 Å². The Morgan fingerprint density at radius 2 is 2.15 bits per heavy atom. The molecule has 0 radical (unpaired) electrons. The first-order valence-electron chi connectivity index (χ1n) is 9.90. The monoisotopic (exact) mass is 491 g/mol. The lowest BCUT2D eigenvalue weighted by Gasteiger charge is -2.39. The van der Waals surface area contributed by atoms with Crippen LogP contribution >= 0.6 is 24.0 Å². The van der Waals surface area contributed by atoms with Gasteiger partial charge in [-0.3, -0.25) is 4.99 Å². The maximum Gasteiger partial charge on any atom is 0.193 e. The summed E-state index contributed by atoms with van der Waals surface area (Å²) in [5, 5.41) is 3.50. The molecule has 2 aliphatic heterocycles. The molecule has 0 aromatic carbocycles. The van der Waals surface area contributed by atoms with E-state index in [0.717, 1.165) is 71.1 Å². The number of guanidine groups is 1. The first-order chi connectivity index (χ1) is 12.8. The second-order valence-electron chi connectivity index (χ2n) is 7.30.